The van der Waals surface area contributed by atoms with Gasteiger partial charge in [-0.25, -0.2) is 4.79 Å². The van der Waals surface area contributed by atoms with E-state index in [-0.39, 0.29) is 12.5 Å². The van der Waals surface area contributed by atoms with Gasteiger partial charge >= 0.3 is 5.97 Å². The summed E-state index contributed by atoms with van der Waals surface area (Å²) in [4.78, 5) is 22.9. The zero-order valence-electron chi connectivity index (χ0n) is 11.3. The number of carbonyl (C=O) groups excluding carboxylic acids is 2. The van der Waals surface area contributed by atoms with Crippen LogP contribution in [0.3, 0.4) is 0 Å². The van der Waals surface area contributed by atoms with Gasteiger partial charge in [-0.3, -0.25) is 4.79 Å². The number of nitrogens with two attached hydrogens (primary N) is 1. The highest BCUT2D eigenvalue weighted by Gasteiger charge is 2.23. The minimum absolute atomic E-state index is 0.152. The summed E-state index contributed by atoms with van der Waals surface area (Å²) in [6.45, 7) is 4.29. The molecule has 0 spiro atoms. The third-order valence-corrected chi connectivity index (χ3v) is 2.77. The van der Waals surface area contributed by atoms with E-state index in [1.54, 1.807) is 6.92 Å². The molecule has 2 atom stereocenters. The van der Waals surface area contributed by atoms with Gasteiger partial charge in [-0.05, 0) is 18.4 Å². The van der Waals surface area contributed by atoms with Crippen molar-refractivity contribution in [2.24, 2.45) is 5.73 Å². The van der Waals surface area contributed by atoms with E-state index < -0.39 is 17.9 Å². The summed E-state index contributed by atoms with van der Waals surface area (Å²) < 4.78 is 4.69. The lowest BCUT2D eigenvalue weighted by atomic mass is 10.0. The molecule has 104 valence electrons. The summed E-state index contributed by atoms with van der Waals surface area (Å²) in [5.74, 6) is -1.06. The highest BCUT2D eigenvalue weighted by atomic mass is 16.5. The standard InChI is InChI=1S/C14H20N2O3/c1-3-19-14(18)12(15)13(17)16-9-10(2)11-7-5-4-6-8-11/h4-8,10,12H,3,9,15H2,1-2H3,(H,16,17). The summed E-state index contributed by atoms with van der Waals surface area (Å²) in [5, 5.41) is 2.66. The van der Waals surface area contributed by atoms with Crippen LogP contribution in [-0.4, -0.2) is 31.1 Å². The summed E-state index contributed by atoms with van der Waals surface area (Å²) in [5.41, 5.74) is 6.60. The average molecular weight is 264 g/mol. The third-order valence-electron chi connectivity index (χ3n) is 2.77. The van der Waals surface area contributed by atoms with Crippen LogP contribution in [0.4, 0.5) is 0 Å². The summed E-state index contributed by atoms with van der Waals surface area (Å²) in [7, 11) is 0. The Hall–Kier alpha value is -1.88. The minimum atomic E-state index is -1.26. The first-order valence-electron chi connectivity index (χ1n) is 6.31. The fourth-order valence-electron chi connectivity index (χ4n) is 1.60. The van der Waals surface area contributed by atoms with Crippen LogP contribution >= 0.6 is 0 Å². The van der Waals surface area contributed by atoms with Crippen LogP contribution in [-0.2, 0) is 14.3 Å². The van der Waals surface area contributed by atoms with Gasteiger partial charge in [-0.15, -0.1) is 0 Å². The third kappa shape index (κ3) is 4.71. The second-order valence-corrected chi connectivity index (χ2v) is 4.29. The summed E-state index contributed by atoms with van der Waals surface area (Å²) in [6.07, 6.45) is 0. The number of amides is 1. The molecule has 0 fully saturated rings. The Morgan fingerprint density at radius 3 is 2.53 bits per heavy atom. The number of hydrogen-bond acceptors (Lipinski definition) is 4. The molecule has 5 heteroatoms. The predicted octanol–water partition coefficient (Wildman–Crippen LogP) is 0.797. The molecule has 0 aliphatic carbocycles. The first-order valence-corrected chi connectivity index (χ1v) is 6.31. The second-order valence-electron chi connectivity index (χ2n) is 4.29. The van der Waals surface area contributed by atoms with E-state index >= 15 is 0 Å². The van der Waals surface area contributed by atoms with Gasteiger partial charge in [0.1, 0.15) is 0 Å². The van der Waals surface area contributed by atoms with Crippen molar-refractivity contribution in [2.45, 2.75) is 25.8 Å². The maximum absolute atomic E-state index is 11.7. The van der Waals surface area contributed by atoms with Gasteiger partial charge in [0, 0.05) is 6.54 Å². The van der Waals surface area contributed by atoms with Crippen molar-refractivity contribution in [3.8, 4) is 0 Å². The Labute approximate surface area is 113 Å². The maximum Gasteiger partial charge on any atom is 0.332 e. The summed E-state index contributed by atoms with van der Waals surface area (Å²) >= 11 is 0. The van der Waals surface area contributed by atoms with Crippen molar-refractivity contribution in [1.82, 2.24) is 5.32 Å². The fraction of sp³-hybridized carbons (Fsp3) is 0.429. The van der Waals surface area contributed by atoms with Gasteiger partial charge in [0.15, 0.2) is 6.04 Å². The van der Waals surface area contributed by atoms with Crippen LogP contribution < -0.4 is 11.1 Å². The van der Waals surface area contributed by atoms with Gasteiger partial charge in [0.2, 0.25) is 5.91 Å². The van der Waals surface area contributed by atoms with Crippen molar-refractivity contribution in [2.75, 3.05) is 13.2 Å². The predicted molar refractivity (Wildman–Crippen MR) is 72.5 cm³/mol. The molecule has 1 amide bonds. The second kappa shape index (κ2) is 7.53. The molecule has 5 nitrogen and oxygen atoms in total. The normalized spacial score (nSPS) is 13.4. The van der Waals surface area contributed by atoms with E-state index in [0.29, 0.717) is 6.54 Å². The molecule has 0 aliphatic rings. The van der Waals surface area contributed by atoms with Crippen molar-refractivity contribution < 1.29 is 14.3 Å². The number of esters is 1. The monoisotopic (exact) mass is 264 g/mol. The van der Waals surface area contributed by atoms with Crippen molar-refractivity contribution in [3.63, 3.8) is 0 Å². The van der Waals surface area contributed by atoms with Crippen molar-refractivity contribution >= 4 is 11.9 Å². The van der Waals surface area contributed by atoms with Gasteiger partial charge in [0.25, 0.3) is 0 Å². The molecule has 0 saturated heterocycles. The van der Waals surface area contributed by atoms with Crippen LogP contribution in [0.5, 0.6) is 0 Å². The molecule has 0 bridgehead atoms. The van der Waals surface area contributed by atoms with Crippen LogP contribution in [0.25, 0.3) is 0 Å². The highest BCUT2D eigenvalue weighted by molar-refractivity contribution is 6.01. The Morgan fingerprint density at radius 1 is 1.32 bits per heavy atom. The van der Waals surface area contributed by atoms with Gasteiger partial charge in [-0.1, -0.05) is 37.3 Å². The van der Waals surface area contributed by atoms with Crippen molar-refractivity contribution in [3.05, 3.63) is 35.9 Å². The average Bonchev–Trinajstić information content (AvgIpc) is 2.44. The number of ether oxygens (including phenoxy) is 1. The fourth-order valence-corrected chi connectivity index (χ4v) is 1.60. The maximum atomic E-state index is 11.7. The minimum Gasteiger partial charge on any atom is -0.464 e. The molecule has 1 rings (SSSR count). The lowest BCUT2D eigenvalue weighted by Crippen LogP contribution is -2.47. The van der Waals surface area contributed by atoms with Crippen LogP contribution in [0, 0.1) is 0 Å². The van der Waals surface area contributed by atoms with Gasteiger partial charge < -0.3 is 15.8 Å². The molecular weight excluding hydrogens is 244 g/mol. The Balaban J connectivity index is 2.44. The molecule has 1 aromatic rings. The Bertz CT molecular complexity index is 420. The van der Waals surface area contributed by atoms with E-state index in [9.17, 15) is 9.59 Å². The topological polar surface area (TPSA) is 81.4 Å². The number of hydrogen-bond donors (Lipinski definition) is 2. The lowest BCUT2D eigenvalue weighted by Gasteiger charge is -2.15. The Morgan fingerprint density at radius 2 is 1.95 bits per heavy atom. The lowest BCUT2D eigenvalue weighted by molar-refractivity contribution is -0.147. The first-order chi connectivity index (χ1) is 9.06. The first kappa shape index (κ1) is 15.2. The van der Waals surface area contributed by atoms with Crippen LogP contribution in [0.2, 0.25) is 0 Å². The molecule has 0 radical (unpaired) electrons. The molecule has 2 unspecified atom stereocenters. The van der Waals surface area contributed by atoms with E-state index in [1.165, 1.54) is 0 Å². The van der Waals surface area contributed by atoms with E-state index in [2.05, 4.69) is 5.32 Å². The highest BCUT2D eigenvalue weighted by Crippen LogP contribution is 2.12. The van der Waals surface area contributed by atoms with E-state index in [1.807, 2.05) is 37.3 Å². The quantitative estimate of drug-likeness (QED) is 0.588. The zero-order valence-corrected chi connectivity index (χ0v) is 11.3. The number of carbonyl (C=O) groups is 2. The molecule has 0 aliphatic heterocycles. The molecule has 0 heterocycles. The van der Waals surface area contributed by atoms with E-state index in [0.717, 1.165) is 5.56 Å². The van der Waals surface area contributed by atoms with Gasteiger partial charge in [-0.2, -0.15) is 0 Å². The zero-order chi connectivity index (χ0) is 14.3. The molecule has 19 heavy (non-hydrogen) atoms. The number of rotatable bonds is 6. The molecule has 1 aromatic carbocycles. The van der Waals surface area contributed by atoms with Gasteiger partial charge in [0.05, 0.1) is 6.61 Å². The largest absolute Gasteiger partial charge is 0.464 e. The Kier molecular flexibility index (Phi) is 6.02. The number of nitrogens with one attached hydrogen (secondary N) is 1. The molecular formula is C14H20N2O3. The van der Waals surface area contributed by atoms with Crippen LogP contribution in [0.1, 0.15) is 25.3 Å². The SMILES string of the molecule is CCOC(=O)C(N)C(=O)NCC(C)c1ccccc1. The molecule has 0 aromatic heterocycles. The number of benzene rings is 1. The smallest absolute Gasteiger partial charge is 0.332 e. The van der Waals surface area contributed by atoms with E-state index in [4.69, 9.17) is 10.5 Å². The summed E-state index contributed by atoms with van der Waals surface area (Å²) in [6, 6.07) is 8.54. The molecule has 3 N–H and O–H groups in total. The van der Waals surface area contributed by atoms with Crippen molar-refractivity contribution in [1.29, 1.82) is 0 Å². The molecule has 0 saturated carbocycles. The van der Waals surface area contributed by atoms with Crippen LogP contribution in [0.15, 0.2) is 30.3 Å².